The smallest absolute Gasteiger partial charge is 0.274 e. The van der Waals surface area contributed by atoms with Crippen molar-refractivity contribution < 1.29 is 14.2 Å². The van der Waals surface area contributed by atoms with Crippen LogP contribution in [0, 0.1) is 0 Å². The maximum absolute atomic E-state index is 5.56. The second-order valence-electron chi connectivity index (χ2n) is 2.99. The number of benzene rings is 1. The number of rotatable bonds is 2. The molecule has 0 N–H and O–H groups in total. The van der Waals surface area contributed by atoms with Gasteiger partial charge in [-0.2, -0.15) is 0 Å². The van der Waals surface area contributed by atoms with E-state index in [4.69, 9.17) is 14.2 Å². The molecule has 3 nitrogen and oxygen atoms in total. The van der Waals surface area contributed by atoms with E-state index in [1.165, 1.54) is 0 Å². The van der Waals surface area contributed by atoms with Crippen molar-refractivity contribution in [2.24, 2.45) is 0 Å². The maximum Gasteiger partial charge on any atom is 0.274 e. The minimum Gasteiger partial charge on any atom is -0.465 e. The van der Waals surface area contributed by atoms with Gasteiger partial charge in [0.15, 0.2) is 0 Å². The van der Waals surface area contributed by atoms with E-state index < -0.39 is 0 Å². The molecule has 1 unspecified atom stereocenters. The van der Waals surface area contributed by atoms with Crippen LogP contribution in [-0.2, 0) is 9.47 Å². The van der Waals surface area contributed by atoms with E-state index >= 15 is 0 Å². The summed E-state index contributed by atoms with van der Waals surface area (Å²) in [5, 5.41) is 0. The molecule has 74 valence electrons. The zero-order valence-corrected chi connectivity index (χ0v) is 7.81. The van der Waals surface area contributed by atoms with Gasteiger partial charge >= 0.3 is 0 Å². The van der Waals surface area contributed by atoms with Crippen LogP contribution in [0.15, 0.2) is 42.9 Å². The molecule has 1 atom stereocenters. The molecule has 1 saturated heterocycles. The highest BCUT2D eigenvalue weighted by Crippen LogP contribution is 2.18. The molecule has 3 heteroatoms. The highest BCUT2D eigenvalue weighted by molar-refractivity contribution is 5.21. The van der Waals surface area contributed by atoms with Crippen LogP contribution in [0.1, 0.15) is 6.42 Å². The molecule has 1 fully saturated rings. The van der Waals surface area contributed by atoms with Crippen molar-refractivity contribution >= 4 is 0 Å². The molecule has 0 saturated carbocycles. The first kappa shape index (κ1) is 8.94. The van der Waals surface area contributed by atoms with Crippen molar-refractivity contribution in [3.8, 4) is 5.75 Å². The first-order chi connectivity index (χ1) is 6.84. The molecule has 0 radical (unpaired) electrons. The van der Waals surface area contributed by atoms with Crippen molar-refractivity contribution in [3.05, 3.63) is 42.9 Å². The minimum atomic E-state index is -0.279. The fourth-order valence-electron chi connectivity index (χ4n) is 1.24. The predicted molar refractivity (Wildman–Crippen MR) is 51.7 cm³/mol. The fraction of sp³-hybridized carbons (Fsp3) is 0.273. The molecule has 0 aromatic heterocycles. The number of hydrogen-bond donors (Lipinski definition) is 0. The molecule has 1 aromatic rings. The van der Waals surface area contributed by atoms with E-state index in [9.17, 15) is 0 Å². The van der Waals surface area contributed by atoms with Crippen LogP contribution < -0.4 is 4.74 Å². The van der Waals surface area contributed by atoms with E-state index in [1.807, 2.05) is 30.3 Å². The van der Waals surface area contributed by atoms with Crippen LogP contribution in [0.4, 0.5) is 0 Å². The number of hydrogen-bond acceptors (Lipinski definition) is 3. The van der Waals surface area contributed by atoms with Gasteiger partial charge in [-0.1, -0.05) is 18.2 Å². The Morgan fingerprint density at radius 2 is 2.07 bits per heavy atom. The van der Waals surface area contributed by atoms with Crippen LogP contribution in [0.2, 0.25) is 0 Å². The monoisotopic (exact) mass is 192 g/mol. The Bertz CT molecular complexity index is 308. The zero-order chi connectivity index (χ0) is 9.80. The molecule has 1 aliphatic heterocycles. The maximum atomic E-state index is 5.56. The first-order valence-corrected chi connectivity index (χ1v) is 4.54. The Morgan fingerprint density at radius 3 is 2.79 bits per heavy atom. The van der Waals surface area contributed by atoms with E-state index in [0.29, 0.717) is 19.0 Å². The van der Waals surface area contributed by atoms with Gasteiger partial charge in [0.25, 0.3) is 5.95 Å². The van der Waals surface area contributed by atoms with Crippen LogP contribution in [0.3, 0.4) is 0 Å². The second kappa shape index (κ2) is 4.05. The average Bonchev–Trinajstić information content (AvgIpc) is 2.19. The minimum absolute atomic E-state index is 0.279. The third-order valence-electron chi connectivity index (χ3n) is 1.89. The quantitative estimate of drug-likeness (QED) is 0.719. The summed E-state index contributed by atoms with van der Waals surface area (Å²) in [5.74, 6) is 1.13. The molecule has 14 heavy (non-hydrogen) atoms. The Hall–Kier alpha value is -1.64. The molecular weight excluding hydrogens is 180 g/mol. The lowest BCUT2D eigenvalue weighted by atomic mass is 10.3. The Balaban J connectivity index is 1.94. The third kappa shape index (κ3) is 2.19. The predicted octanol–water partition coefficient (Wildman–Crippen LogP) is 2.30. The van der Waals surface area contributed by atoms with E-state index in [-0.39, 0.29) is 6.29 Å². The number of para-hydroxylation sites is 1. The zero-order valence-electron chi connectivity index (χ0n) is 7.81. The molecular formula is C11H12O3. The van der Waals surface area contributed by atoms with Crippen molar-refractivity contribution in [1.82, 2.24) is 0 Å². The number of ether oxygens (including phenoxy) is 3. The highest BCUT2D eigenvalue weighted by Gasteiger charge is 2.18. The van der Waals surface area contributed by atoms with E-state index in [1.54, 1.807) is 0 Å². The lowest BCUT2D eigenvalue weighted by molar-refractivity contribution is -0.145. The summed E-state index contributed by atoms with van der Waals surface area (Å²) in [6.07, 6.45) is 0.437. The first-order valence-electron chi connectivity index (χ1n) is 4.54. The van der Waals surface area contributed by atoms with Crippen LogP contribution in [0.25, 0.3) is 0 Å². The third-order valence-corrected chi connectivity index (χ3v) is 1.89. The van der Waals surface area contributed by atoms with Crippen molar-refractivity contribution in [2.45, 2.75) is 12.7 Å². The van der Waals surface area contributed by atoms with E-state index in [0.717, 1.165) is 5.75 Å². The molecule has 2 rings (SSSR count). The molecule has 0 spiro atoms. The highest BCUT2D eigenvalue weighted by atomic mass is 16.8. The van der Waals surface area contributed by atoms with Gasteiger partial charge in [-0.3, -0.25) is 0 Å². The lowest BCUT2D eigenvalue weighted by Crippen LogP contribution is -2.27. The summed E-state index contributed by atoms with van der Waals surface area (Å²) < 4.78 is 15.9. The van der Waals surface area contributed by atoms with Gasteiger partial charge in [0.05, 0.1) is 13.0 Å². The van der Waals surface area contributed by atoms with Crippen molar-refractivity contribution in [2.75, 3.05) is 6.61 Å². The Morgan fingerprint density at radius 1 is 1.29 bits per heavy atom. The summed E-state index contributed by atoms with van der Waals surface area (Å²) in [6, 6.07) is 9.56. The molecule has 1 aromatic carbocycles. The van der Waals surface area contributed by atoms with Crippen molar-refractivity contribution in [3.63, 3.8) is 0 Å². The van der Waals surface area contributed by atoms with Crippen LogP contribution >= 0.6 is 0 Å². The molecule has 0 amide bonds. The van der Waals surface area contributed by atoms with Gasteiger partial charge in [0.2, 0.25) is 6.29 Å². The Labute approximate surface area is 82.9 Å². The van der Waals surface area contributed by atoms with Crippen LogP contribution in [-0.4, -0.2) is 12.9 Å². The molecule has 1 heterocycles. The summed E-state index contributed by atoms with van der Waals surface area (Å²) in [4.78, 5) is 0. The topological polar surface area (TPSA) is 27.7 Å². The molecule has 0 bridgehead atoms. The summed E-state index contributed by atoms with van der Waals surface area (Å²) in [5.41, 5.74) is 0. The Kier molecular flexibility index (Phi) is 2.58. The SMILES string of the molecule is C=C1OCCC(Oc2ccccc2)O1. The van der Waals surface area contributed by atoms with Gasteiger partial charge in [0.1, 0.15) is 5.75 Å². The standard InChI is InChI=1S/C11H12O3/c1-9-12-8-7-11(13-9)14-10-5-3-2-4-6-10/h2-6,11H,1,7-8H2. The largest absolute Gasteiger partial charge is 0.465 e. The average molecular weight is 192 g/mol. The van der Waals surface area contributed by atoms with Gasteiger partial charge in [-0.25, -0.2) is 0 Å². The van der Waals surface area contributed by atoms with Crippen molar-refractivity contribution in [1.29, 1.82) is 0 Å². The second-order valence-corrected chi connectivity index (χ2v) is 2.99. The van der Waals surface area contributed by atoms with E-state index in [2.05, 4.69) is 6.58 Å². The fourth-order valence-corrected chi connectivity index (χ4v) is 1.24. The van der Waals surface area contributed by atoms with Gasteiger partial charge in [0, 0.05) is 0 Å². The van der Waals surface area contributed by atoms with Gasteiger partial charge < -0.3 is 14.2 Å². The molecule has 1 aliphatic rings. The summed E-state index contributed by atoms with van der Waals surface area (Å²) >= 11 is 0. The summed E-state index contributed by atoms with van der Waals surface area (Å²) in [6.45, 7) is 4.18. The normalized spacial score (nSPS) is 20.9. The summed E-state index contributed by atoms with van der Waals surface area (Å²) in [7, 11) is 0. The lowest BCUT2D eigenvalue weighted by Gasteiger charge is -2.25. The van der Waals surface area contributed by atoms with Gasteiger partial charge in [-0.05, 0) is 18.7 Å². The van der Waals surface area contributed by atoms with Crippen LogP contribution in [0.5, 0.6) is 5.75 Å². The van der Waals surface area contributed by atoms with Gasteiger partial charge in [-0.15, -0.1) is 0 Å². The molecule has 0 aliphatic carbocycles.